The molecule has 1 aliphatic rings. The van der Waals surface area contributed by atoms with Crippen molar-refractivity contribution in [3.63, 3.8) is 0 Å². The zero-order chi connectivity index (χ0) is 18.7. The molecule has 3 rings (SSSR count). The third-order valence-electron chi connectivity index (χ3n) is 4.20. The SMILES string of the molecule is Cc1nc2c(Br)cc(Br)cc2c(=O)n1CCOC(=O)CN1CCOCC1. The Bertz CT molecular complexity index is 878. The van der Waals surface area contributed by atoms with Crippen LogP contribution in [0.25, 0.3) is 10.9 Å². The van der Waals surface area contributed by atoms with Crippen molar-refractivity contribution in [1.29, 1.82) is 0 Å². The molecular formula is C17H19Br2N3O4. The third-order valence-corrected chi connectivity index (χ3v) is 5.26. The molecule has 0 amide bonds. The van der Waals surface area contributed by atoms with Crippen molar-refractivity contribution >= 4 is 48.7 Å². The number of fused-ring (bicyclic) bond motifs is 1. The number of aromatic nitrogens is 2. The van der Waals surface area contributed by atoms with Crippen LogP contribution in [-0.2, 0) is 20.8 Å². The summed E-state index contributed by atoms with van der Waals surface area (Å²) in [5.41, 5.74) is 0.468. The lowest BCUT2D eigenvalue weighted by molar-refractivity contribution is -0.146. The molecule has 7 nitrogen and oxygen atoms in total. The van der Waals surface area contributed by atoms with E-state index in [1.54, 1.807) is 13.0 Å². The minimum atomic E-state index is -0.295. The number of carbonyl (C=O) groups excluding carboxylic acids is 1. The maximum atomic E-state index is 12.8. The van der Waals surface area contributed by atoms with Crippen molar-refractivity contribution in [1.82, 2.24) is 14.5 Å². The van der Waals surface area contributed by atoms with Gasteiger partial charge in [0.25, 0.3) is 5.56 Å². The fourth-order valence-electron chi connectivity index (χ4n) is 2.86. The zero-order valence-corrected chi connectivity index (χ0v) is 17.5. The third kappa shape index (κ3) is 4.51. The van der Waals surface area contributed by atoms with Crippen LogP contribution in [0.1, 0.15) is 5.82 Å². The number of morpholine rings is 1. The fraction of sp³-hybridized carbons (Fsp3) is 0.471. The van der Waals surface area contributed by atoms with Crippen molar-refractivity contribution in [2.24, 2.45) is 0 Å². The van der Waals surface area contributed by atoms with E-state index in [4.69, 9.17) is 9.47 Å². The number of nitrogens with zero attached hydrogens (tertiary/aromatic N) is 3. The molecule has 1 fully saturated rings. The molecule has 1 saturated heterocycles. The summed E-state index contributed by atoms with van der Waals surface area (Å²) in [7, 11) is 0. The summed E-state index contributed by atoms with van der Waals surface area (Å²) in [6, 6.07) is 3.60. The van der Waals surface area contributed by atoms with E-state index in [1.165, 1.54) is 4.57 Å². The summed E-state index contributed by atoms with van der Waals surface area (Å²) in [6.45, 7) is 5.14. The van der Waals surface area contributed by atoms with Crippen LogP contribution in [0.3, 0.4) is 0 Å². The monoisotopic (exact) mass is 487 g/mol. The molecule has 1 aromatic carbocycles. The quantitative estimate of drug-likeness (QED) is 0.600. The summed E-state index contributed by atoms with van der Waals surface area (Å²) in [5, 5.41) is 0.511. The van der Waals surface area contributed by atoms with Crippen LogP contribution in [0.4, 0.5) is 0 Å². The number of hydrogen-bond donors (Lipinski definition) is 0. The van der Waals surface area contributed by atoms with Crippen LogP contribution in [0.15, 0.2) is 25.9 Å². The van der Waals surface area contributed by atoms with E-state index >= 15 is 0 Å². The number of carbonyl (C=O) groups is 1. The molecule has 0 saturated carbocycles. The molecule has 0 unspecified atom stereocenters. The minimum Gasteiger partial charge on any atom is -0.463 e. The lowest BCUT2D eigenvalue weighted by Gasteiger charge is -2.25. The van der Waals surface area contributed by atoms with Gasteiger partial charge in [0.2, 0.25) is 0 Å². The van der Waals surface area contributed by atoms with Crippen LogP contribution in [-0.4, -0.2) is 59.9 Å². The molecule has 2 aromatic rings. The van der Waals surface area contributed by atoms with Crippen LogP contribution in [0.5, 0.6) is 0 Å². The standard InChI is InChI=1S/C17H19Br2N3O4/c1-11-20-16-13(8-12(18)9-14(16)19)17(24)22(11)4-7-26-15(23)10-21-2-5-25-6-3-21/h8-9H,2-7,10H2,1H3. The van der Waals surface area contributed by atoms with Gasteiger partial charge in [-0.05, 0) is 35.0 Å². The topological polar surface area (TPSA) is 73.7 Å². The molecule has 0 bridgehead atoms. The first-order chi connectivity index (χ1) is 12.5. The van der Waals surface area contributed by atoms with Crippen molar-refractivity contribution in [2.45, 2.75) is 13.5 Å². The zero-order valence-electron chi connectivity index (χ0n) is 14.3. The van der Waals surface area contributed by atoms with E-state index in [0.717, 1.165) is 22.0 Å². The maximum absolute atomic E-state index is 12.8. The van der Waals surface area contributed by atoms with Crippen molar-refractivity contribution < 1.29 is 14.3 Å². The Morgan fingerprint density at radius 3 is 2.77 bits per heavy atom. The summed E-state index contributed by atoms with van der Waals surface area (Å²) in [4.78, 5) is 31.2. The summed E-state index contributed by atoms with van der Waals surface area (Å²) >= 11 is 6.83. The van der Waals surface area contributed by atoms with Gasteiger partial charge < -0.3 is 9.47 Å². The van der Waals surface area contributed by atoms with Gasteiger partial charge in [0.1, 0.15) is 12.4 Å². The first-order valence-corrected chi connectivity index (χ1v) is 9.86. The predicted molar refractivity (Wildman–Crippen MR) is 104 cm³/mol. The van der Waals surface area contributed by atoms with E-state index in [1.807, 2.05) is 11.0 Å². The number of benzene rings is 1. The molecule has 1 aliphatic heterocycles. The highest BCUT2D eigenvalue weighted by atomic mass is 79.9. The first-order valence-electron chi connectivity index (χ1n) is 8.27. The first kappa shape index (κ1) is 19.5. The highest BCUT2D eigenvalue weighted by Crippen LogP contribution is 2.25. The largest absolute Gasteiger partial charge is 0.463 e. The molecule has 0 aliphatic carbocycles. The van der Waals surface area contributed by atoms with E-state index < -0.39 is 0 Å². The fourth-order valence-corrected chi connectivity index (χ4v) is 4.17. The van der Waals surface area contributed by atoms with Crippen molar-refractivity contribution in [3.05, 3.63) is 37.3 Å². The second-order valence-corrected chi connectivity index (χ2v) is 7.78. The van der Waals surface area contributed by atoms with Gasteiger partial charge in [0.05, 0.1) is 37.2 Å². The Kier molecular flexibility index (Phi) is 6.44. The van der Waals surface area contributed by atoms with Crippen molar-refractivity contribution in [3.8, 4) is 0 Å². The molecule has 26 heavy (non-hydrogen) atoms. The smallest absolute Gasteiger partial charge is 0.320 e. The molecule has 0 N–H and O–H groups in total. The predicted octanol–water partition coefficient (Wildman–Crippen LogP) is 2.11. The van der Waals surface area contributed by atoms with Gasteiger partial charge in [0.15, 0.2) is 0 Å². The molecule has 1 aromatic heterocycles. The molecule has 0 radical (unpaired) electrons. The number of halogens is 2. The van der Waals surface area contributed by atoms with Crippen molar-refractivity contribution in [2.75, 3.05) is 39.5 Å². The summed E-state index contributed by atoms with van der Waals surface area (Å²) in [5.74, 6) is 0.284. The lowest BCUT2D eigenvalue weighted by Crippen LogP contribution is -2.40. The summed E-state index contributed by atoms with van der Waals surface area (Å²) < 4.78 is 13.6. The van der Waals surface area contributed by atoms with Crippen LogP contribution >= 0.6 is 31.9 Å². The number of hydrogen-bond acceptors (Lipinski definition) is 6. The number of aryl methyl sites for hydroxylation is 1. The van der Waals surface area contributed by atoms with E-state index in [-0.39, 0.29) is 31.2 Å². The van der Waals surface area contributed by atoms with Gasteiger partial charge in [-0.3, -0.25) is 19.1 Å². The molecule has 2 heterocycles. The Hall–Kier alpha value is -1.29. The van der Waals surface area contributed by atoms with E-state index in [2.05, 4.69) is 36.8 Å². The lowest BCUT2D eigenvalue weighted by atomic mass is 10.2. The van der Waals surface area contributed by atoms with Crippen LogP contribution in [0.2, 0.25) is 0 Å². The normalized spacial score (nSPS) is 15.3. The Morgan fingerprint density at radius 1 is 1.31 bits per heavy atom. The number of esters is 1. The number of rotatable bonds is 5. The maximum Gasteiger partial charge on any atom is 0.320 e. The van der Waals surface area contributed by atoms with Gasteiger partial charge in [-0.2, -0.15) is 0 Å². The summed E-state index contributed by atoms with van der Waals surface area (Å²) in [6.07, 6.45) is 0. The highest BCUT2D eigenvalue weighted by Gasteiger charge is 2.16. The molecule has 140 valence electrons. The van der Waals surface area contributed by atoms with Crippen LogP contribution < -0.4 is 5.56 Å². The molecule has 0 spiro atoms. The Labute approximate surface area is 167 Å². The Morgan fingerprint density at radius 2 is 2.04 bits per heavy atom. The van der Waals surface area contributed by atoms with Crippen LogP contribution in [0, 0.1) is 6.92 Å². The van der Waals surface area contributed by atoms with Gasteiger partial charge in [0, 0.05) is 22.0 Å². The average Bonchev–Trinajstić information content (AvgIpc) is 2.60. The second-order valence-electron chi connectivity index (χ2n) is 6.01. The molecule has 0 atom stereocenters. The van der Waals surface area contributed by atoms with E-state index in [9.17, 15) is 9.59 Å². The van der Waals surface area contributed by atoms with Gasteiger partial charge in [-0.15, -0.1) is 0 Å². The van der Waals surface area contributed by atoms with E-state index in [0.29, 0.717) is 29.9 Å². The van der Waals surface area contributed by atoms with Gasteiger partial charge in [-0.25, -0.2) is 4.98 Å². The second kappa shape index (κ2) is 8.60. The molecule has 9 heteroatoms. The number of ether oxygens (including phenoxy) is 2. The minimum absolute atomic E-state index is 0.131. The highest BCUT2D eigenvalue weighted by molar-refractivity contribution is 9.11. The van der Waals surface area contributed by atoms with Gasteiger partial charge >= 0.3 is 5.97 Å². The van der Waals surface area contributed by atoms with Gasteiger partial charge in [-0.1, -0.05) is 15.9 Å². The average molecular weight is 489 g/mol. The Balaban J connectivity index is 1.67. The molecular weight excluding hydrogens is 470 g/mol.